The molecule has 0 aromatic rings. The summed E-state index contributed by atoms with van der Waals surface area (Å²) in [6.07, 6.45) is 2.69. The molecule has 2 fully saturated rings. The van der Waals surface area contributed by atoms with Crippen molar-refractivity contribution in [3.8, 4) is 0 Å². The zero-order valence-electron chi connectivity index (χ0n) is 7.05. The van der Waals surface area contributed by atoms with Crippen LogP contribution in [0, 0.1) is 5.41 Å². The van der Waals surface area contributed by atoms with E-state index >= 15 is 0 Å². The molecule has 11 heavy (non-hydrogen) atoms. The van der Waals surface area contributed by atoms with Gasteiger partial charge in [0.05, 0.1) is 0 Å². The van der Waals surface area contributed by atoms with E-state index in [2.05, 4.69) is 17.3 Å². The molecular formula is C8H15N2W-. The van der Waals surface area contributed by atoms with Crippen LogP contribution in [0.1, 0.15) is 12.8 Å². The molecule has 2 saturated heterocycles. The first-order valence-corrected chi connectivity index (χ1v) is 4.13. The minimum Gasteiger partial charge on any atom is -0.662 e. The average molecular weight is 323 g/mol. The monoisotopic (exact) mass is 323 g/mol. The van der Waals surface area contributed by atoms with E-state index in [1.165, 1.54) is 25.9 Å². The third-order valence-electron chi connectivity index (χ3n) is 2.81. The van der Waals surface area contributed by atoms with Gasteiger partial charge in [0.2, 0.25) is 0 Å². The van der Waals surface area contributed by atoms with Gasteiger partial charge in [0.1, 0.15) is 0 Å². The number of hydrogen-bond acceptors (Lipinski definition) is 1. The molecule has 64 valence electrons. The van der Waals surface area contributed by atoms with Gasteiger partial charge in [-0.3, -0.25) is 0 Å². The molecule has 2 rings (SSSR count). The van der Waals surface area contributed by atoms with Gasteiger partial charge in [0, 0.05) is 34.2 Å². The van der Waals surface area contributed by atoms with Crippen LogP contribution in [0.15, 0.2) is 0 Å². The fourth-order valence-corrected chi connectivity index (χ4v) is 2.28. The molecule has 0 radical (unpaired) electrons. The Balaban J connectivity index is 0.000000605. The predicted molar refractivity (Wildman–Crippen MR) is 42.3 cm³/mol. The van der Waals surface area contributed by atoms with Crippen molar-refractivity contribution in [2.75, 3.05) is 33.2 Å². The van der Waals surface area contributed by atoms with Crippen LogP contribution in [0.25, 0.3) is 5.32 Å². The van der Waals surface area contributed by atoms with Crippen LogP contribution in [0.5, 0.6) is 0 Å². The second-order valence-electron chi connectivity index (χ2n) is 3.84. The summed E-state index contributed by atoms with van der Waals surface area (Å²) in [6, 6.07) is 0. The van der Waals surface area contributed by atoms with Crippen molar-refractivity contribution in [2.45, 2.75) is 12.8 Å². The minimum absolute atomic E-state index is 0. The molecule has 2 nitrogen and oxygen atoms in total. The van der Waals surface area contributed by atoms with Crippen LogP contribution in [0.3, 0.4) is 0 Å². The van der Waals surface area contributed by atoms with E-state index in [0.717, 1.165) is 13.1 Å². The van der Waals surface area contributed by atoms with E-state index in [9.17, 15) is 0 Å². The quantitative estimate of drug-likeness (QED) is 0.652. The second-order valence-corrected chi connectivity index (χ2v) is 3.84. The van der Waals surface area contributed by atoms with E-state index in [-0.39, 0.29) is 21.1 Å². The molecule has 0 amide bonds. The first kappa shape index (κ1) is 9.69. The summed E-state index contributed by atoms with van der Waals surface area (Å²) in [6.45, 7) is 4.88. The number of hydrogen-bond donors (Lipinski definition) is 0. The molecule has 0 aromatic heterocycles. The van der Waals surface area contributed by atoms with E-state index in [0.29, 0.717) is 5.41 Å². The Morgan fingerprint density at radius 1 is 1.18 bits per heavy atom. The van der Waals surface area contributed by atoms with Crippen molar-refractivity contribution in [1.82, 2.24) is 4.90 Å². The van der Waals surface area contributed by atoms with Crippen LogP contribution in [0.2, 0.25) is 0 Å². The van der Waals surface area contributed by atoms with Crippen LogP contribution in [-0.4, -0.2) is 38.1 Å². The molecule has 1 spiro atoms. The Hall–Kier alpha value is 0.608. The average Bonchev–Trinajstić information content (AvgIpc) is 1.87. The fourth-order valence-electron chi connectivity index (χ4n) is 2.28. The van der Waals surface area contributed by atoms with Crippen LogP contribution >= 0.6 is 0 Å². The maximum Gasteiger partial charge on any atom is 0.00462 e. The molecule has 2 heterocycles. The molecule has 0 atom stereocenters. The van der Waals surface area contributed by atoms with Crippen molar-refractivity contribution in [3.05, 3.63) is 5.32 Å². The maximum absolute atomic E-state index is 4.36. The Morgan fingerprint density at radius 3 is 2.18 bits per heavy atom. The first-order chi connectivity index (χ1) is 4.81. The summed E-state index contributed by atoms with van der Waals surface area (Å²) >= 11 is 0. The number of nitrogens with zero attached hydrogens (tertiary/aromatic N) is 2. The molecule has 2 aliphatic heterocycles. The van der Waals surface area contributed by atoms with Gasteiger partial charge in [0.25, 0.3) is 0 Å². The van der Waals surface area contributed by atoms with Gasteiger partial charge in [0.15, 0.2) is 0 Å². The Kier molecular flexibility index (Phi) is 3.13. The van der Waals surface area contributed by atoms with Crippen molar-refractivity contribution >= 4 is 0 Å². The van der Waals surface area contributed by atoms with Gasteiger partial charge in [-0.05, 0) is 12.5 Å². The summed E-state index contributed by atoms with van der Waals surface area (Å²) in [5.41, 5.74) is 0.705. The van der Waals surface area contributed by atoms with E-state index in [1.54, 1.807) is 0 Å². The molecular weight excluding hydrogens is 308 g/mol. The molecule has 0 unspecified atom stereocenters. The normalized spacial score (nSPS) is 29.2. The summed E-state index contributed by atoms with van der Waals surface area (Å²) in [7, 11) is 2.21. The first-order valence-electron chi connectivity index (χ1n) is 4.13. The fraction of sp³-hybridized carbons (Fsp3) is 1.00. The predicted octanol–water partition coefficient (Wildman–Crippen LogP) is 1.08. The summed E-state index contributed by atoms with van der Waals surface area (Å²) in [4.78, 5) is 2.41. The van der Waals surface area contributed by atoms with Gasteiger partial charge < -0.3 is 10.2 Å². The standard InChI is InChI=1S/C8H15N2.W/c1-10-6-8(7-10)2-4-9-5-3-8;/h2-7H2,1H3;/q-1;. The van der Waals surface area contributed by atoms with Crippen LogP contribution in [0.4, 0.5) is 0 Å². The third kappa shape index (κ3) is 1.85. The van der Waals surface area contributed by atoms with Gasteiger partial charge in [-0.1, -0.05) is 12.8 Å². The summed E-state index contributed by atoms with van der Waals surface area (Å²) in [5.74, 6) is 0. The van der Waals surface area contributed by atoms with Gasteiger partial charge in [-0.15, -0.1) is 13.1 Å². The number of likely N-dealkylation sites (tertiary alicyclic amines) is 1. The number of rotatable bonds is 0. The molecule has 0 N–H and O–H groups in total. The molecule has 2 aliphatic rings. The van der Waals surface area contributed by atoms with Crippen LogP contribution < -0.4 is 0 Å². The Bertz CT molecular complexity index is 117. The molecule has 3 heteroatoms. The minimum atomic E-state index is 0. The topological polar surface area (TPSA) is 17.3 Å². The van der Waals surface area contributed by atoms with Gasteiger partial charge >= 0.3 is 0 Å². The molecule has 0 bridgehead atoms. The molecule has 0 aromatic carbocycles. The Labute approximate surface area is 83.0 Å². The van der Waals surface area contributed by atoms with Crippen molar-refractivity contribution in [3.63, 3.8) is 0 Å². The SMILES string of the molecule is CN1CC2(CC[N-]CC2)C1.[W]. The van der Waals surface area contributed by atoms with Crippen molar-refractivity contribution in [2.24, 2.45) is 5.41 Å². The van der Waals surface area contributed by atoms with E-state index < -0.39 is 0 Å². The molecule has 0 aliphatic carbocycles. The molecule has 0 saturated carbocycles. The zero-order valence-corrected chi connectivity index (χ0v) is 9.98. The van der Waals surface area contributed by atoms with Crippen molar-refractivity contribution < 1.29 is 21.1 Å². The zero-order chi connectivity index (χ0) is 7.03. The van der Waals surface area contributed by atoms with Gasteiger partial charge in [-0.25, -0.2) is 0 Å². The third-order valence-corrected chi connectivity index (χ3v) is 2.81. The van der Waals surface area contributed by atoms with Crippen LogP contribution in [-0.2, 0) is 21.1 Å². The number of piperidine rings is 1. The van der Waals surface area contributed by atoms with Crippen molar-refractivity contribution in [1.29, 1.82) is 0 Å². The van der Waals surface area contributed by atoms with Gasteiger partial charge in [-0.2, -0.15) is 0 Å². The smallest absolute Gasteiger partial charge is 0.00462 e. The largest absolute Gasteiger partial charge is 0.662 e. The Morgan fingerprint density at radius 2 is 1.73 bits per heavy atom. The van der Waals surface area contributed by atoms with E-state index in [1.807, 2.05) is 0 Å². The maximum atomic E-state index is 4.36. The summed E-state index contributed by atoms with van der Waals surface area (Å²) < 4.78 is 0. The summed E-state index contributed by atoms with van der Waals surface area (Å²) in [5, 5.41) is 4.36. The second kappa shape index (κ2) is 3.55. The van der Waals surface area contributed by atoms with E-state index in [4.69, 9.17) is 0 Å².